The van der Waals surface area contributed by atoms with Crippen LogP contribution in [0.2, 0.25) is 0 Å². The van der Waals surface area contributed by atoms with Gasteiger partial charge >= 0.3 is 11.9 Å². The normalized spacial score (nSPS) is 11.9. The van der Waals surface area contributed by atoms with Gasteiger partial charge in [-0.05, 0) is 12.8 Å². The molecule has 16 heavy (non-hydrogen) atoms. The summed E-state index contributed by atoms with van der Waals surface area (Å²) in [5.41, 5.74) is 0. The zero-order valence-corrected chi connectivity index (χ0v) is 11.4. The molecule has 1 atom stereocenters. The van der Waals surface area contributed by atoms with Crippen molar-refractivity contribution in [3.8, 4) is 0 Å². The summed E-state index contributed by atoms with van der Waals surface area (Å²) in [6.45, 7) is 0. The molecule has 0 unspecified atom stereocenters. The van der Waals surface area contributed by atoms with Crippen molar-refractivity contribution in [1.29, 1.82) is 0 Å². The Bertz CT molecular complexity index is 218. The fraction of sp³-hybridized carbons (Fsp3) is 0.818. The van der Waals surface area contributed by atoms with Crippen LogP contribution in [0.15, 0.2) is 0 Å². The Hall–Kier alpha value is -0.580. The Labute approximate surface area is 105 Å². The van der Waals surface area contributed by atoms with Crippen molar-refractivity contribution in [1.82, 2.24) is 0 Å². The zero-order chi connectivity index (χ0) is 12.4. The second-order valence-corrected chi connectivity index (χ2v) is 4.63. The number of hydrogen-bond donors (Lipinski definition) is 0. The molecule has 94 valence electrons. The van der Waals surface area contributed by atoms with Crippen LogP contribution in [0.5, 0.6) is 0 Å². The Morgan fingerprint density at radius 2 is 1.69 bits per heavy atom. The largest absolute Gasteiger partial charge is 0.469 e. The first kappa shape index (κ1) is 15.4. The van der Waals surface area contributed by atoms with Gasteiger partial charge in [-0.3, -0.25) is 9.59 Å². The third-order valence-corrected chi connectivity index (χ3v) is 3.10. The lowest BCUT2D eigenvalue weighted by molar-refractivity contribution is -0.141. The van der Waals surface area contributed by atoms with Crippen molar-refractivity contribution in [2.75, 3.05) is 14.2 Å². The van der Waals surface area contributed by atoms with Crippen LogP contribution >= 0.6 is 15.9 Å². The smallest absolute Gasteiger partial charge is 0.319 e. The molecule has 0 amide bonds. The monoisotopic (exact) mass is 294 g/mol. The molecule has 0 bridgehead atoms. The molecule has 0 saturated heterocycles. The van der Waals surface area contributed by atoms with E-state index in [1.165, 1.54) is 14.2 Å². The Morgan fingerprint density at radius 1 is 1.06 bits per heavy atom. The molecule has 0 aromatic carbocycles. The second-order valence-electron chi connectivity index (χ2n) is 3.52. The average molecular weight is 295 g/mol. The third kappa shape index (κ3) is 7.68. The van der Waals surface area contributed by atoms with Gasteiger partial charge in [0.15, 0.2) is 0 Å². The van der Waals surface area contributed by atoms with E-state index >= 15 is 0 Å². The number of hydrogen-bond acceptors (Lipinski definition) is 4. The summed E-state index contributed by atoms with van der Waals surface area (Å²) < 4.78 is 9.12. The van der Waals surface area contributed by atoms with Crippen LogP contribution in [0.25, 0.3) is 0 Å². The highest BCUT2D eigenvalue weighted by atomic mass is 79.9. The lowest BCUT2D eigenvalue weighted by Gasteiger charge is -2.06. The molecule has 0 aliphatic heterocycles. The molecular weight excluding hydrogens is 276 g/mol. The summed E-state index contributed by atoms with van der Waals surface area (Å²) in [5.74, 6) is -0.387. The van der Waals surface area contributed by atoms with Gasteiger partial charge in [-0.1, -0.05) is 35.2 Å². The summed E-state index contributed by atoms with van der Waals surface area (Å²) in [7, 11) is 2.78. The average Bonchev–Trinajstić information content (AvgIpc) is 2.31. The topological polar surface area (TPSA) is 52.6 Å². The van der Waals surface area contributed by atoms with Gasteiger partial charge in [0.25, 0.3) is 0 Å². The second kappa shape index (κ2) is 9.63. The van der Waals surface area contributed by atoms with Crippen LogP contribution in [0.4, 0.5) is 0 Å². The number of carbonyl (C=O) groups is 2. The lowest BCUT2D eigenvalue weighted by Crippen LogP contribution is -2.15. The highest BCUT2D eigenvalue weighted by molar-refractivity contribution is 9.10. The molecule has 0 rings (SSSR count). The maximum Gasteiger partial charge on any atom is 0.319 e. The van der Waals surface area contributed by atoms with Crippen LogP contribution in [0.1, 0.15) is 38.5 Å². The first-order valence-electron chi connectivity index (χ1n) is 5.40. The van der Waals surface area contributed by atoms with Gasteiger partial charge in [-0.2, -0.15) is 0 Å². The van der Waals surface area contributed by atoms with E-state index in [1.807, 2.05) is 0 Å². The minimum atomic E-state index is -0.227. The van der Waals surface area contributed by atoms with E-state index in [-0.39, 0.29) is 16.8 Å². The number of alkyl halides is 1. The Balaban J connectivity index is 3.33. The van der Waals surface area contributed by atoms with E-state index < -0.39 is 0 Å². The van der Waals surface area contributed by atoms with E-state index in [0.29, 0.717) is 6.42 Å². The standard InChI is InChI=1S/C11H19BrO4/c1-15-10(13)8-6-4-3-5-7-9(12)11(14)16-2/h9H,3-8H2,1-2H3/t9-/m1/s1. The maximum atomic E-state index is 11.0. The molecule has 0 aliphatic rings. The van der Waals surface area contributed by atoms with Crippen LogP contribution in [0, 0.1) is 0 Å². The van der Waals surface area contributed by atoms with Gasteiger partial charge in [-0.25, -0.2) is 0 Å². The molecule has 0 heterocycles. The van der Waals surface area contributed by atoms with Crippen molar-refractivity contribution in [3.05, 3.63) is 0 Å². The van der Waals surface area contributed by atoms with Crippen molar-refractivity contribution >= 4 is 27.9 Å². The molecular formula is C11H19BrO4. The molecule has 0 aliphatic carbocycles. The lowest BCUT2D eigenvalue weighted by atomic mass is 10.1. The van der Waals surface area contributed by atoms with Crippen molar-refractivity contribution in [3.63, 3.8) is 0 Å². The van der Waals surface area contributed by atoms with E-state index in [9.17, 15) is 9.59 Å². The molecule has 0 radical (unpaired) electrons. The summed E-state index contributed by atoms with van der Waals surface area (Å²) in [6, 6.07) is 0. The van der Waals surface area contributed by atoms with E-state index in [2.05, 4.69) is 25.4 Å². The van der Waals surface area contributed by atoms with Crippen LogP contribution in [-0.2, 0) is 19.1 Å². The molecule has 0 aromatic heterocycles. The number of halogens is 1. The third-order valence-electron chi connectivity index (χ3n) is 2.27. The van der Waals surface area contributed by atoms with Crippen LogP contribution < -0.4 is 0 Å². The summed E-state index contributed by atoms with van der Waals surface area (Å²) in [6.07, 6.45) is 5.03. The van der Waals surface area contributed by atoms with Crippen molar-refractivity contribution in [2.45, 2.75) is 43.4 Å². The van der Waals surface area contributed by atoms with E-state index in [4.69, 9.17) is 0 Å². The molecule has 0 fully saturated rings. The summed E-state index contributed by atoms with van der Waals surface area (Å²) >= 11 is 3.26. The fourth-order valence-corrected chi connectivity index (χ4v) is 1.80. The minimum Gasteiger partial charge on any atom is -0.469 e. The molecule has 0 aromatic rings. The predicted octanol–water partition coefficient (Wildman–Crippen LogP) is 2.44. The minimum absolute atomic E-state index is 0.159. The van der Waals surface area contributed by atoms with Crippen molar-refractivity contribution in [2.24, 2.45) is 0 Å². The number of esters is 2. The van der Waals surface area contributed by atoms with E-state index in [1.54, 1.807) is 0 Å². The van der Waals surface area contributed by atoms with Crippen LogP contribution in [0.3, 0.4) is 0 Å². The van der Waals surface area contributed by atoms with Crippen LogP contribution in [-0.4, -0.2) is 31.0 Å². The SMILES string of the molecule is COC(=O)CCCCCC[C@@H](Br)C(=O)OC. The number of methoxy groups -OCH3 is 2. The first-order valence-corrected chi connectivity index (χ1v) is 6.32. The summed E-state index contributed by atoms with van der Waals surface area (Å²) in [5, 5.41) is 0. The van der Waals surface area contributed by atoms with Gasteiger partial charge in [-0.15, -0.1) is 0 Å². The van der Waals surface area contributed by atoms with Gasteiger partial charge in [0.2, 0.25) is 0 Å². The molecule has 0 saturated carbocycles. The maximum absolute atomic E-state index is 11.0. The Morgan fingerprint density at radius 3 is 2.25 bits per heavy atom. The summed E-state index contributed by atoms with van der Waals surface area (Å²) in [4.78, 5) is 21.6. The quantitative estimate of drug-likeness (QED) is 0.392. The number of unbranched alkanes of at least 4 members (excludes halogenated alkanes) is 3. The number of carbonyl (C=O) groups excluding carboxylic acids is 2. The van der Waals surface area contributed by atoms with Crippen molar-refractivity contribution < 1.29 is 19.1 Å². The Kier molecular flexibility index (Phi) is 9.28. The molecule has 0 N–H and O–H groups in total. The highest BCUT2D eigenvalue weighted by Crippen LogP contribution is 2.13. The van der Waals surface area contributed by atoms with E-state index in [0.717, 1.165) is 32.1 Å². The van der Waals surface area contributed by atoms with Gasteiger partial charge < -0.3 is 9.47 Å². The van der Waals surface area contributed by atoms with Gasteiger partial charge in [0, 0.05) is 6.42 Å². The molecule has 0 spiro atoms. The van der Waals surface area contributed by atoms with Gasteiger partial charge in [0.05, 0.1) is 14.2 Å². The fourth-order valence-electron chi connectivity index (χ4n) is 1.29. The number of rotatable bonds is 8. The highest BCUT2D eigenvalue weighted by Gasteiger charge is 2.13. The zero-order valence-electron chi connectivity index (χ0n) is 9.83. The molecule has 5 heteroatoms. The number of ether oxygens (including phenoxy) is 2. The predicted molar refractivity (Wildman–Crippen MR) is 64.4 cm³/mol. The van der Waals surface area contributed by atoms with Gasteiger partial charge in [0.1, 0.15) is 4.83 Å². The molecule has 4 nitrogen and oxygen atoms in total. The first-order chi connectivity index (χ1) is 7.61.